The molecule has 3 nitrogen and oxygen atoms in total. The van der Waals surface area contributed by atoms with E-state index in [1.807, 2.05) is 0 Å². The average molecular weight is 1290 g/mol. The maximum absolute atomic E-state index is 7.60. The first-order chi connectivity index (χ1) is 47.5. The van der Waals surface area contributed by atoms with Crippen molar-refractivity contribution < 1.29 is 8.83 Å². The second-order valence-electron chi connectivity index (χ2n) is 33.5. The van der Waals surface area contributed by atoms with Gasteiger partial charge in [0.2, 0.25) is 0 Å². The van der Waals surface area contributed by atoms with E-state index in [-0.39, 0.29) is 32.5 Å². The fraction of sp³-hybridized carbons (Fsp3) is 0.432. The van der Waals surface area contributed by atoms with Gasteiger partial charge in [-0.15, -0.1) is 0 Å². The molecule has 0 spiro atoms. The Morgan fingerprint density at radius 1 is 0.367 bits per heavy atom. The van der Waals surface area contributed by atoms with Gasteiger partial charge in [-0.2, -0.15) is 0 Å². The third kappa shape index (κ3) is 10.0. The van der Waals surface area contributed by atoms with Gasteiger partial charge in [-0.25, -0.2) is 0 Å². The van der Waals surface area contributed by atoms with E-state index in [4.69, 9.17) is 8.83 Å². The van der Waals surface area contributed by atoms with Gasteiger partial charge in [-0.1, -0.05) is 276 Å². The Labute approximate surface area is 586 Å². The van der Waals surface area contributed by atoms with Crippen LogP contribution in [0, 0.1) is 5.41 Å². The summed E-state index contributed by atoms with van der Waals surface area (Å²) >= 11 is 0. The zero-order valence-corrected chi connectivity index (χ0v) is 61.2. The minimum atomic E-state index is -0.289. The van der Waals surface area contributed by atoms with E-state index >= 15 is 0 Å². The fourth-order valence-electron chi connectivity index (χ4n) is 20.8. The molecule has 0 saturated heterocycles. The first-order valence-electron chi connectivity index (χ1n) is 39.0. The van der Waals surface area contributed by atoms with Gasteiger partial charge < -0.3 is 13.7 Å². The van der Waals surface area contributed by atoms with E-state index in [0.717, 1.165) is 35.2 Å². The predicted molar refractivity (Wildman–Crippen MR) is 418 cm³/mol. The Balaban J connectivity index is 0.944. The highest BCUT2D eigenvalue weighted by Crippen LogP contribution is 2.70. The lowest BCUT2D eigenvalue weighted by atomic mass is 9.64. The molecule has 2 aromatic heterocycles. The largest absolute Gasteiger partial charge is 0.456 e. The van der Waals surface area contributed by atoms with Gasteiger partial charge in [0.05, 0.1) is 0 Å². The van der Waals surface area contributed by atoms with Crippen LogP contribution in [0.1, 0.15) is 280 Å². The second kappa shape index (κ2) is 24.9. The Kier molecular flexibility index (Phi) is 16.5. The summed E-state index contributed by atoms with van der Waals surface area (Å²) in [6.45, 7) is 26.7. The summed E-state index contributed by atoms with van der Waals surface area (Å²) < 4.78 is 14.2. The van der Waals surface area contributed by atoms with Gasteiger partial charge in [-0.05, 0) is 212 Å². The van der Waals surface area contributed by atoms with Gasteiger partial charge in [0.25, 0.3) is 0 Å². The highest BCUT2D eigenvalue weighted by Gasteiger charge is 2.57. The molecule has 2 unspecified atom stereocenters. The van der Waals surface area contributed by atoms with Crippen molar-refractivity contribution in [3.8, 4) is 44.5 Å². The van der Waals surface area contributed by atoms with Gasteiger partial charge in [0.1, 0.15) is 22.3 Å². The third-order valence-corrected chi connectivity index (χ3v) is 25.9. The molecule has 0 amide bonds. The van der Waals surface area contributed by atoms with Crippen LogP contribution in [-0.4, -0.2) is 0 Å². The van der Waals surface area contributed by atoms with E-state index in [1.54, 1.807) is 22.3 Å². The molecule has 2 heterocycles. The maximum atomic E-state index is 7.60. The SMILES string of the molecule is CCCCCCCC12CCC(CCCCC)(CCCCC)CCC3(CCCCCCC)c4cc(N(c5ccc6c(c5)C(C)(C)c5cc7c(cc5-6)C(C)(C)c5ccc6oc8ccccc8c6c5-7)c5ccccc5C(C)(C)C)ccc4-c4c3c1c(c1oc3ccccc3c41)-c1ccccc12. The average Bonchev–Trinajstić information content (AvgIpc) is 1.49. The van der Waals surface area contributed by atoms with Crippen LogP contribution in [0.15, 0.2) is 167 Å². The Morgan fingerprint density at radius 2 is 0.867 bits per heavy atom. The summed E-state index contributed by atoms with van der Waals surface area (Å²) in [4.78, 5) is 2.72. The van der Waals surface area contributed by atoms with Crippen LogP contribution in [0.2, 0.25) is 0 Å². The topological polar surface area (TPSA) is 29.5 Å². The number of para-hydroxylation sites is 3. The van der Waals surface area contributed by atoms with Gasteiger partial charge in [0.15, 0.2) is 0 Å². The van der Waals surface area contributed by atoms with Crippen LogP contribution in [0.3, 0.4) is 0 Å². The molecule has 0 saturated carbocycles. The molecular weight excluding hydrogens is 1190 g/mol. The molecule has 0 aliphatic heterocycles. The number of nitrogens with zero attached hydrogens (tertiary/aromatic N) is 1. The van der Waals surface area contributed by atoms with Crippen molar-refractivity contribution in [1.82, 2.24) is 0 Å². The van der Waals surface area contributed by atoms with E-state index in [9.17, 15) is 0 Å². The van der Waals surface area contributed by atoms with Crippen molar-refractivity contribution in [3.63, 3.8) is 0 Å². The molecule has 5 aliphatic carbocycles. The number of benzene rings is 9. The first kappa shape index (κ1) is 65.0. The van der Waals surface area contributed by atoms with E-state index in [1.165, 1.54) is 252 Å². The molecule has 2 atom stereocenters. The minimum absolute atomic E-state index is 0.136. The lowest BCUT2D eigenvalue weighted by Crippen LogP contribution is -2.32. The molecule has 0 fully saturated rings. The van der Waals surface area contributed by atoms with E-state index in [2.05, 4.69) is 239 Å². The van der Waals surface area contributed by atoms with Crippen LogP contribution >= 0.6 is 0 Å². The molecule has 0 bridgehead atoms. The Morgan fingerprint density at radius 3 is 1.54 bits per heavy atom. The summed E-state index contributed by atoms with van der Waals surface area (Å²) in [5.41, 5.74) is 31.7. The lowest BCUT2D eigenvalue weighted by molar-refractivity contribution is 0.154. The number of hydrogen-bond donors (Lipinski definition) is 0. The molecule has 0 N–H and O–H groups in total. The number of fused-ring (bicyclic) bond motifs is 21. The summed E-state index contributed by atoms with van der Waals surface area (Å²) in [5, 5.41) is 5.04. The van der Waals surface area contributed by atoms with Crippen LogP contribution in [0.5, 0.6) is 0 Å². The molecular formula is C95H107NO2. The molecule has 16 rings (SSSR count). The van der Waals surface area contributed by atoms with Crippen LogP contribution in [0.25, 0.3) is 88.4 Å². The maximum Gasteiger partial charge on any atom is 0.144 e. The van der Waals surface area contributed by atoms with Crippen molar-refractivity contribution in [2.45, 2.75) is 257 Å². The van der Waals surface area contributed by atoms with E-state index < -0.39 is 0 Å². The smallest absolute Gasteiger partial charge is 0.144 e. The predicted octanol–water partition coefficient (Wildman–Crippen LogP) is 28.8. The zero-order chi connectivity index (χ0) is 67.5. The fourth-order valence-corrected chi connectivity index (χ4v) is 20.8. The lowest BCUT2D eigenvalue weighted by Gasteiger charge is -2.40. The number of hydrogen-bond acceptors (Lipinski definition) is 3. The summed E-state index contributed by atoms with van der Waals surface area (Å²) in [6.07, 6.45) is 30.4. The van der Waals surface area contributed by atoms with Crippen molar-refractivity contribution >= 4 is 60.9 Å². The molecule has 504 valence electrons. The summed E-state index contributed by atoms with van der Waals surface area (Å²) in [7, 11) is 0. The summed E-state index contributed by atoms with van der Waals surface area (Å²) in [5.74, 6) is 0. The second-order valence-corrected chi connectivity index (χ2v) is 33.5. The van der Waals surface area contributed by atoms with Crippen molar-refractivity contribution in [2.75, 3.05) is 4.90 Å². The first-order valence-corrected chi connectivity index (χ1v) is 39.0. The van der Waals surface area contributed by atoms with Crippen molar-refractivity contribution in [1.29, 1.82) is 0 Å². The van der Waals surface area contributed by atoms with Gasteiger partial charge in [0, 0.05) is 65.8 Å². The van der Waals surface area contributed by atoms with Crippen molar-refractivity contribution in [3.05, 3.63) is 208 Å². The number of rotatable bonds is 23. The number of unbranched alkanes of at least 4 members (excludes halogenated alkanes) is 12. The van der Waals surface area contributed by atoms with Crippen LogP contribution in [0.4, 0.5) is 17.1 Å². The normalized spacial score (nSPS) is 18.7. The number of anilines is 3. The molecule has 9 aromatic carbocycles. The van der Waals surface area contributed by atoms with Gasteiger partial charge >= 0.3 is 0 Å². The Hall–Kier alpha value is -7.62. The monoisotopic (exact) mass is 1290 g/mol. The highest BCUT2D eigenvalue weighted by molar-refractivity contribution is 6.21. The standard InChI is InChI=1S/C95H107NO2/c1-12-16-20-22-34-52-94-56-54-93(50-32-18-14-3,51-33-19-15-4)55-57-95(53-35-23-21-17-13-2)77-59-63(45-47-66(77)84-85-68-38-26-31-43-80(68)98-89(85)86(88(94)87(84)95)65-36-24-27-39-71(65)94)96(78-41-29-28-40-72(78)90(5,6)7)62-44-46-64-69-60-76-70(61-75(69)92(10,11)74(64)58-62)82-73(91(76,8)9)48-49-81-83(82)67-37-25-30-42-79(67)97-81/h24-31,36-49,58-61H,12-23,32-35,50-57H2,1-11H3. The minimum Gasteiger partial charge on any atom is -0.456 e. The quantitative estimate of drug-likeness (QED) is 0.0598. The number of furan rings is 2. The zero-order valence-electron chi connectivity index (χ0n) is 61.2. The van der Waals surface area contributed by atoms with Crippen LogP contribution < -0.4 is 4.90 Å². The van der Waals surface area contributed by atoms with E-state index in [0.29, 0.717) is 0 Å². The molecule has 0 radical (unpaired) electrons. The Bertz CT molecular complexity index is 4880. The summed E-state index contributed by atoms with van der Waals surface area (Å²) in [6, 6.07) is 62.4. The molecule has 3 heteroatoms. The molecule has 5 aliphatic rings. The highest BCUT2D eigenvalue weighted by atomic mass is 16.3. The molecule has 98 heavy (non-hydrogen) atoms. The third-order valence-electron chi connectivity index (χ3n) is 25.9. The van der Waals surface area contributed by atoms with Crippen LogP contribution in [-0.2, 0) is 27.1 Å². The molecule has 11 aromatic rings. The van der Waals surface area contributed by atoms with Crippen molar-refractivity contribution in [2.24, 2.45) is 5.41 Å². The van der Waals surface area contributed by atoms with Gasteiger partial charge in [-0.3, -0.25) is 0 Å².